The molecule has 1 atom stereocenters. The average molecular weight is 717 g/mol. The number of hydrogen-bond donors (Lipinski definition) is 2. The zero-order valence-corrected chi connectivity index (χ0v) is 28.5. The Balaban J connectivity index is 1.40. The molecule has 0 saturated heterocycles. The Labute approximate surface area is 285 Å². The first-order valence-electron chi connectivity index (χ1n) is 14.5. The van der Waals surface area contributed by atoms with Crippen LogP contribution in [0.1, 0.15) is 35.2 Å². The molecule has 2 N–H and O–H groups in total. The molecule has 0 bridgehead atoms. The Hall–Kier alpha value is -4.25. The normalized spacial score (nSPS) is 14.0. The maximum atomic E-state index is 14.2. The summed E-state index contributed by atoms with van der Waals surface area (Å²) in [6, 6.07) is 28.4. The van der Waals surface area contributed by atoms with E-state index < -0.39 is 6.04 Å². The molecule has 1 aliphatic rings. The summed E-state index contributed by atoms with van der Waals surface area (Å²) in [7, 11) is 1.57. The van der Waals surface area contributed by atoms with Crippen molar-refractivity contribution < 1.29 is 14.3 Å². The fourth-order valence-electron chi connectivity index (χ4n) is 5.18. The molecule has 0 radical (unpaired) electrons. The van der Waals surface area contributed by atoms with Crippen molar-refractivity contribution in [2.24, 2.45) is 0 Å². The van der Waals surface area contributed by atoms with Crippen molar-refractivity contribution in [2.45, 2.75) is 37.4 Å². The van der Waals surface area contributed by atoms with Gasteiger partial charge in [-0.2, -0.15) is 4.98 Å². The van der Waals surface area contributed by atoms with Crippen molar-refractivity contribution in [1.82, 2.24) is 14.8 Å². The van der Waals surface area contributed by atoms with Gasteiger partial charge in [-0.1, -0.05) is 99.5 Å². The van der Waals surface area contributed by atoms with Crippen LogP contribution >= 0.6 is 39.3 Å². The summed E-state index contributed by atoms with van der Waals surface area (Å²) in [5.41, 5.74) is 5.60. The van der Waals surface area contributed by atoms with Gasteiger partial charge in [0, 0.05) is 26.5 Å². The number of anilines is 2. The predicted octanol–water partition coefficient (Wildman–Crippen LogP) is 8.81. The average Bonchev–Trinajstić information content (AvgIpc) is 3.46. The Morgan fingerprint density at radius 1 is 1.02 bits per heavy atom. The van der Waals surface area contributed by atoms with E-state index >= 15 is 0 Å². The maximum Gasteiger partial charge on any atom is 0.255 e. The van der Waals surface area contributed by atoms with E-state index in [0.717, 1.165) is 21.2 Å². The minimum atomic E-state index is -0.668. The zero-order valence-electron chi connectivity index (χ0n) is 25.4. The number of hydrogen-bond acceptors (Lipinski definition) is 7. The number of benzene rings is 4. The van der Waals surface area contributed by atoms with E-state index in [1.165, 1.54) is 17.3 Å². The van der Waals surface area contributed by atoms with Gasteiger partial charge in [0.05, 0.1) is 18.4 Å². The van der Waals surface area contributed by atoms with Crippen LogP contribution in [0.4, 0.5) is 11.6 Å². The first-order valence-corrected chi connectivity index (χ1v) is 16.7. The quantitative estimate of drug-likeness (QED) is 0.140. The Morgan fingerprint density at radius 2 is 1.78 bits per heavy atom. The van der Waals surface area contributed by atoms with E-state index in [-0.39, 0.29) is 5.91 Å². The number of amides is 1. The lowest BCUT2D eigenvalue weighted by atomic mass is 9.94. The third kappa shape index (κ3) is 6.94. The van der Waals surface area contributed by atoms with Crippen LogP contribution in [0.5, 0.6) is 11.5 Å². The molecular weight excluding hydrogens is 686 g/mol. The first kappa shape index (κ1) is 31.7. The molecule has 234 valence electrons. The molecule has 0 saturated carbocycles. The molecule has 5 aromatic rings. The van der Waals surface area contributed by atoms with Gasteiger partial charge < -0.3 is 20.1 Å². The van der Waals surface area contributed by atoms with Crippen LogP contribution in [-0.2, 0) is 17.2 Å². The van der Waals surface area contributed by atoms with Gasteiger partial charge in [0.2, 0.25) is 11.1 Å². The number of thioether (sulfide) groups is 1. The number of rotatable bonds is 10. The molecule has 8 nitrogen and oxygen atoms in total. The maximum absolute atomic E-state index is 14.2. The zero-order chi connectivity index (χ0) is 32.2. The van der Waals surface area contributed by atoms with Gasteiger partial charge in [-0.25, -0.2) is 4.68 Å². The number of para-hydroxylation sites is 2. The molecule has 1 aromatic heterocycles. The summed E-state index contributed by atoms with van der Waals surface area (Å²) in [6.45, 7) is 4.27. The number of carbonyl (C=O) groups is 1. The van der Waals surface area contributed by atoms with Gasteiger partial charge in [-0.3, -0.25) is 4.79 Å². The number of allylic oxidation sites excluding steroid dienone is 1. The van der Waals surface area contributed by atoms with E-state index in [9.17, 15) is 4.79 Å². The SMILES string of the molecule is COc1ccccc1NC(=O)C1=C(C)Nc2nc(SCc3ccccc3Cl)nn2C1c1cc(Br)ccc1OCc1ccc(C)cc1. The van der Waals surface area contributed by atoms with Gasteiger partial charge in [0.15, 0.2) is 0 Å². The number of aryl methyl sites for hydroxylation is 1. The molecule has 0 fully saturated rings. The molecule has 0 aliphatic carbocycles. The molecule has 11 heteroatoms. The standard InChI is InChI=1S/C35H31BrClN5O3S/c1-21-12-14-23(15-13-21)19-45-29-17-16-25(36)18-26(29)32-31(33(43)39-28-10-6-7-11-30(28)44-3)22(2)38-34-40-35(41-42(32)34)46-20-24-8-4-5-9-27(24)37/h4-18,32H,19-20H2,1-3H3,(H,39,43)(H,38,40,41). The second-order valence-electron chi connectivity index (χ2n) is 10.7. The summed E-state index contributed by atoms with van der Waals surface area (Å²) in [4.78, 5) is 19.0. The summed E-state index contributed by atoms with van der Waals surface area (Å²) in [5, 5.41) is 12.5. The molecule has 4 aromatic carbocycles. The minimum absolute atomic E-state index is 0.310. The highest BCUT2D eigenvalue weighted by Gasteiger charge is 2.36. The van der Waals surface area contributed by atoms with E-state index in [1.54, 1.807) is 23.9 Å². The van der Waals surface area contributed by atoms with Crippen LogP contribution in [-0.4, -0.2) is 27.8 Å². The molecule has 2 heterocycles. The molecule has 1 aliphatic heterocycles. The highest BCUT2D eigenvalue weighted by Crippen LogP contribution is 2.42. The lowest BCUT2D eigenvalue weighted by molar-refractivity contribution is -0.113. The van der Waals surface area contributed by atoms with E-state index in [2.05, 4.69) is 45.6 Å². The van der Waals surface area contributed by atoms with Crippen molar-refractivity contribution in [3.8, 4) is 11.5 Å². The van der Waals surface area contributed by atoms with Crippen molar-refractivity contribution in [2.75, 3.05) is 17.7 Å². The lowest BCUT2D eigenvalue weighted by Crippen LogP contribution is -2.32. The van der Waals surface area contributed by atoms with Crippen molar-refractivity contribution >= 4 is 56.8 Å². The molecule has 6 rings (SSSR count). The number of aromatic nitrogens is 3. The van der Waals surface area contributed by atoms with E-state index in [1.807, 2.05) is 73.7 Å². The fourth-order valence-corrected chi connectivity index (χ4v) is 6.67. The smallest absolute Gasteiger partial charge is 0.255 e. The monoisotopic (exact) mass is 715 g/mol. The van der Waals surface area contributed by atoms with Crippen LogP contribution in [0, 0.1) is 6.92 Å². The van der Waals surface area contributed by atoms with Gasteiger partial charge in [-0.15, -0.1) is 5.10 Å². The molecule has 46 heavy (non-hydrogen) atoms. The molecule has 0 spiro atoms. The molecule has 1 amide bonds. The largest absolute Gasteiger partial charge is 0.495 e. The number of nitrogens with zero attached hydrogens (tertiary/aromatic N) is 3. The number of ether oxygens (including phenoxy) is 2. The van der Waals surface area contributed by atoms with Crippen LogP contribution < -0.4 is 20.1 Å². The predicted molar refractivity (Wildman–Crippen MR) is 187 cm³/mol. The van der Waals surface area contributed by atoms with E-state index in [0.29, 0.717) is 56.9 Å². The van der Waals surface area contributed by atoms with Crippen LogP contribution in [0.2, 0.25) is 5.02 Å². The summed E-state index contributed by atoms with van der Waals surface area (Å²) in [5.74, 6) is 1.97. The Bertz CT molecular complexity index is 1930. The van der Waals surface area contributed by atoms with Gasteiger partial charge in [0.1, 0.15) is 24.1 Å². The molecular formula is C35H31BrClN5O3S. The second-order valence-corrected chi connectivity index (χ2v) is 13.0. The lowest BCUT2D eigenvalue weighted by Gasteiger charge is -2.30. The summed E-state index contributed by atoms with van der Waals surface area (Å²) >= 11 is 11.5. The number of halogens is 2. The van der Waals surface area contributed by atoms with Gasteiger partial charge in [0.25, 0.3) is 5.91 Å². The number of nitrogens with one attached hydrogen (secondary N) is 2. The second kappa shape index (κ2) is 14.0. The van der Waals surface area contributed by atoms with Crippen molar-refractivity contribution in [3.63, 3.8) is 0 Å². The highest BCUT2D eigenvalue weighted by molar-refractivity contribution is 9.10. The minimum Gasteiger partial charge on any atom is -0.495 e. The van der Waals surface area contributed by atoms with Crippen LogP contribution in [0.25, 0.3) is 0 Å². The van der Waals surface area contributed by atoms with Crippen molar-refractivity contribution in [1.29, 1.82) is 0 Å². The van der Waals surface area contributed by atoms with Crippen LogP contribution in [0.15, 0.2) is 112 Å². The van der Waals surface area contributed by atoms with Crippen LogP contribution in [0.3, 0.4) is 0 Å². The topological polar surface area (TPSA) is 90.3 Å². The van der Waals surface area contributed by atoms with E-state index in [4.69, 9.17) is 31.2 Å². The summed E-state index contributed by atoms with van der Waals surface area (Å²) in [6.07, 6.45) is 0. The fraction of sp³-hybridized carbons (Fsp3) is 0.171. The Morgan fingerprint density at radius 3 is 2.57 bits per heavy atom. The number of carbonyl (C=O) groups excluding carboxylic acids is 1. The third-order valence-corrected chi connectivity index (χ3v) is 9.28. The first-order chi connectivity index (χ1) is 22.3. The van der Waals surface area contributed by atoms with Gasteiger partial charge in [-0.05, 0) is 61.4 Å². The highest BCUT2D eigenvalue weighted by atomic mass is 79.9. The molecule has 1 unspecified atom stereocenters. The Kier molecular flexibility index (Phi) is 9.67. The number of methoxy groups -OCH3 is 1. The number of fused-ring (bicyclic) bond motifs is 1. The third-order valence-electron chi connectivity index (χ3n) is 7.53. The van der Waals surface area contributed by atoms with Gasteiger partial charge >= 0.3 is 0 Å². The van der Waals surface area contributed by atoms with Crippen molar-refractivity contribution in [3.05, 3.63) is 134 Å². The summed E-state index contributed by atoms with van der Waals surface area (Å²) < 4.78 is 14.5.